The minimum absolute atomic E-state index is 0.0238. The predicted octanol–water partition coefficient (Wildman–Crippen LogP) is 3.29. The summed E-state index contributed by atoms with van der Waals surface area (Å²) in [6.07, 6.45) is -1.96. The monoisotopic (exact) mass is 292 g/mol. The van der Waals surface area contributed by atoms with Crippen LogP contribution in [0.25, 0.3) is 11.1 Å². The number of benzene rings is 1. The molecule has 0 aliphatic carbocycles. The Kier molecular flexibility index (Phi) is 2.97. The molecule has 6 heteroatoms. The zero-order valence-electron chi connectivity index (χ0n) is 11.1. The van der Waals surface area contributed by atoms with Crippen LogP contribution in [-0.4, -0.2) is 17.9 Å². The molecule has 0 saturated carbocycles. The third-order valence-electron chi connectivity index (χ3n) is 3.56. The van der Waals surface area contributed by atoms with Crippen molar-refractivity contribution in [1.82, 2.24) is 4.98 Å². The number of rotatable bonds is 1. The van der Waals surface area contributed by atoms with Crippen molar-refractivity contribution in [3.05, 3.63) is 47.8 Å². The van der Waals surface area contributed by atoms with Crippen LogP contribution in [0, 0.1) is 0 Å². The van der Waals surface area contributed by atoms with E-state index in [1.54, 1.807) is 30.1 Å². The third kappa shape index (κ3) is 2.37. The summed E-state index contributed by atoms with van der Waals surface area (Å²) >= 11 is 0. The van der Waals surface area contributed by atoms with Crippen molar-refractivity contribution in [3.63, 3.8) is 0 Å². The number of anilines is 1. The van der Waals surface area contributed by atoms with Gasteiger partial charge in [0.15, 0.2) is 0 Å². The number of carbonyl (C=O) groups excluding carboxylic acids is 1. The average Bonchev–Trinajstić information content (AvgIpc) is 2.73. The van der Waals surface area contributed by atoms with E-state index in [0.717, 1.165) is 23.5 Å². The van der Waals surface area contributed by atoms with E-state index in [1.165, 1.54) is 6.20 Å². The quantitative estimate of drug-likeness (QED) is 0.808. The Morgan fingerprint density at radius 2 is 1.90 bits per heavy atom. The third-order valence-corrected chi connectivity index (χ3v) is 3.56. The Bertz CT molecular complexity index is 725. The number of hydrogen-bond acceptors (Lipinski definition) is 2. The highest BCUT2D eigenvalue weighted by Crippen LogP contribution is 2.34. The predicted molar refractivity (Wildman–Crippen MR) is 71.8 cm³/mol. The molecule has 21 heavy (non-hydrogen) atoms. The molecule has 0 fully saturated rings. The summed E-state index contributed by atoms with van der Waals surface area (Å²) in [5, 5.41) is 0. The second-order valence-electron chi connectivity index (χ2n) is 4.93. The van der Waals surface area contributed by atoms with Gasteiger partial charge < -0.3 is 4.90 Å². The van der Waals surface area contributed by atoms with Crippen molar-refractivity contribution in [2.75, 3.05) is 11.9 Å². The number of aromatic nitrogens is 1. The first kappa shape index (κ1) is 13.6. The lowest BCUT2D eigenvalue weighted by Crippen LogP contribution is -2.20. The van der Waals surface area contributed by atoms with E-state index in [-0.39, 0.29) is 12.3 Å². The standard InChI is InChI=1S/C15H11F3N2O/c1-20-13-3-2-9(4-10(13)6-14(20)21)11-5-12(8-19-7-11)15(16,17)18/h2-5,7-8H,6H2,1H3. The molecular formula is C15H11F3N2O. The fraction of sp³-hybridized carbons (Fsp3) is 0.200. The first-order chi connectivity index (χ1) is 9.86. The fourth-order valence-electron chi connectivity index (χ4n) is 2.40. The smallest absolute Gasteiger partial charge is 0.315 e. The van der Waals surface area contributed by atoms with Crippen LogP contribution in [0.3, 0.4) is 0 Å². The Morgan fingerprint density at radius 1 is 1.14 bits per heavy atom. The maximum Gasteiger partial charge on any atom is 0.417 e. The molecule has 108 valence electrons. The Labute approximate surface area is 119 Å². The van der Waals surface area contributed by atoms with Gasteiger partial charge in [-0.25, -0.2) is 0 Å². The second kappa shape index (κ2) is 4.58. The summed E-state index contributed by atoms with van der Waals surface area (Å²) in [7, 11) is 1.68. The number of halogens is 3. The van der Waals surface area contributed by atoms with Crippen LogP contribution in [0.4, 0.5) is 18.9 Å². The average molecular weight is 292 g/mol. The highest BCUT2D eigenvalue weighted by atomic mass is 19.4. The minimum atomic E-state index is -4.42. The molecule has 3 rings (SSSR count). The van der Waals surface area contributed by atoms with E-state index >= 15 is 0 Å². The molecule has 1 amide bonds. The number of nitrogens with zero attached hydrogens (tertiary/aromatic N) is 2. The van der Waals surface area contributed by atoms with Crippen molar-refractivity contribution in [1.29, 1.82) is 0 Å². The lowest BCUT2D eigenvalue weighted by molar-refractivity contribution is -0.137. The number of fused-ring (bicyclic) bond motifs is 1. The molecule has 2 heterocycles. The molecular weight excluding hydrogens is 281 g/mol. The van der Waals surface area contributed by atoms with Crippen molar-refractivity contribution in [2.24, 2.45) is 0 Å². The van der Waals surface area contributed by atoms with Gasteiger partial charge in [0.1, 0.15) is 0 Å². The first-order valence-electron chi connectivity index (χ1n) is 6.28. The molecule has 1 aromatic heterocycles. The highest BCUT2D eigenvalue weighted by Gasteiger charge is 2.31. The van der Waals surface area contributed by atoms with Gasteiger partial charge in [-0.05, 0) is 29.3 Å². The van der Waals surface area contributed by atoms with E-state index in [9.17, 15) is 18.0 Å². The number of alkyl halides is 3. The molecule has 3 nitrogen and oxygen atoms in total. The Balaban J connectivity index is 2.03. The maximum atomic E-state index is 12.7. The SMILES string of the molecule is CN1C(=O)Cc2cc(-c3cncc(C(F)(F)F)c3)ccc21. The topological polar surface area (TPSA) is 33.2 Å². The highest BCUT2D eigenvalue weighted by molar-refractivity contribution is 6.01. The molecule has 0 radical (unpaired) electrons. The van der Waals surface area contributed by atoms with Crippen LogP contribution in [0.1, 0.15) is 11.1 Å². The van der Waals surface area contributed by atoms with Crippen LogP contribution in [-0.2, 0) is 17.4 Å². The number of pyridine rings is 1. The van der Waals surface area contributed by atoms with E-state index in [0.29, 0.717) is 11.1 Å². The maximum absolute atomic E-state index is 12.7. The summed E-state index contributed by atoms with van der Waals surface area (Å²) in [6, 6.07) is 6.25. The first-order valence-corrected chi connectivity index (χ1v) is 6.28. The van der Waals surface area contributed by atoms with Crippen LogP contribution < -0.4 is 4.90 Å². The molecule has 0 unspecified atom stereocenters. The van der Waals surface area contributed by atoms with Crippen molar-refractivity contribution in [3.8, 4) is 11.1 Å². The number of hydrogen-bond donors (Lipinski definition) is 0. The van der Waals surface area contributed by atoms with Gasteiger partial charge in [0.05, 0.1) is 12.0 Å². The van der Waals surface area contributed by atoms with Crippen molar-refractivity contribution < 1.29 is 18.0 Å². The van der Waals surface area contributed by atoms with Crippen LogP contribution in [0.2, 0.25) is 0 Å². The summed E-state index contributed by atoms with van der Waals surface area (Å²) in [5.41, 5.74) is 1.83. The molecule has 2 aromatic rings. The fourth-order valence-corrected chi connectivity index (χ4v) is 2.40. The van der Waals surface area contributed by atoms with Crippen LogP contribution >= 0.6 is 0 Å². The molecule has 1 aliphatic heterocycles. The van der Waals surface area contributed by atoms with Gasteiger partial charge in [0, 0.05) is 30.7 Å². The van der Waals surface area contributed by atoms with Gasteiger partial charge in [-0.3, -0.25) is 9.78 Å². The summed E-state index contributed by atoms with van der Waals surface area (Å²) in [5.74, 6) is -0.0238. The largest absolute Gasteiger partial charge is 0.417 e. The van der Waals surface area contributed by atoms with Gasteiger partial charge in [-0.2, -0.15) is 13.2 Å². The van der Waals surface area contributed by atoms with Crippen molar-refractivity contribution >= 4 is 11.6 Å². The Hall–Kier alpha value is -2.37. The lowest BCUT2D eigenvalue weighted by atomic mass is 10.0. The normalized spacial score (nSPS) is 14.5. The zero-order valence-corrected chi connectivity index (χ0v) is 11.1. The van der Waals surface area contributed by atoms with E-state index in [2.05, 4.69) is 4.98 Å². The number of carbonyl (C=O) groups is 1. The van der Waals surface area contributed by atoms with Crippen LogP contribution in [0.15, 0.2) is 36.7 Å². The summed E-state index contributed by atoms with van der Waals surface area (Å²) < 4.78 is 38.1. The summed E-state index contributed by atoms with van der Waals surface area (Å²) in [6.45, 7) is 0. The van der Waals surface area contributed by atoms with E-state index in [1.807, 2.05) is 0 Å². The molecule has 0 saturated heterocycles. The van der Waals surface area contributed by atoms with Gasteiger partial charge in [0.25, 0.3) is 0 Å². The molecule has 0 atom stereocenters. The second-order valence-corrected chi connectivity index (χ2v) is 4.93. The van der Waals surface area contributed by atoms with Gasteiger partial charge >= 0.3 is 6.18 Å². The summed E-state index contributed by atoms with van der Waals surface area (Å²) in [4.78, 5) is 16.8. The molecule has 0 N–H and O–H groups in total. The van der Waals surface area contributed by atoms with E-state index in [4.69, 9.17) is 0 Å². The molecule has 1 aliphatic rings. The van der Waals surface area contributed by atoms with Gasteiger partial charge in [-0.1, -0.05) is 6.07 Å². The Morgan fingerprint density at radius 3 is 2.62 bits per heavy atom. The van der Waals surface area contributed by atoms with Gasteiger partial charge in [0.2, 0.25) is 5.91 Å². The molecule has 0 bridgehead atoms. The number of likely N-dealkylation sites (N-methyl/N-ethyl adjacent to an activating group) is 1. The van der Waals surface area contributed by atoms with Crippen LogP contribution in [0.5, 0.6) is 0 Å². The number of amides is 1. The zero-order chi connectivity index (χ0) is 15.2. The van der Waals surface area contributed by atoms with E-state index < -0.39 is 11.7 Å². The van der Waals surface area contributed by atoms with Gasteiger partial charge in [-0.15, -0.1) is 0 Å². The lowest BCUT2D eigenvalue weighted by Gasteiger charge is -2.11. The van der Waals surface area contributed by atoms with Crippen molar-refractivity contribution in [2.45, 2.75) is 12.6 Å². The molecule has 1 aromatic carbocycles. The minimum Gasteiger partial charge on any atom is -0.315 e. The molecule has 0 spiro atoms.